The number of hydrogen-bond acceptors (Lipinski definition) is 4. The number of nitrogens with zero attached hydrogens (tertiary/aromatic N) is 4. The molecule has 1 saturated carbocycles. The Labute approximate surface area is 144 Å². The van der Waals surface area contributed by atoms with Crippen LogP contribution in [0.25, 0.3) is 0 Å². The first-order valence-electron chi connectivity index (χ1n) is 9.21. The largest absolute Gasteiger partial charge is 0.391 e. The van der Waals surface area contributed by atoms with Gasteiger partial charge in [0, 0.05) is 32.9 Å². The molecule has 1 aromatic rings. The van der Waals surface area contributed by atoms with E-state index in [1.807, 2.05) is 10.9 Å². The standard InChI is InChI=1S/C18H30N4O2/c1-20(2)18(24)15-11-19-22(13-15)12-14-7-9-21(10-8-14)16-5-3-4-6-17(16)23/h11,13-14,16-17,23H,3-10,12H2,1-2H3. The Morgan fingerprint density at radius 3 is 2.62 bits per heavy atom. The third-order valence-electron chi connectivity index (χ3n) is 5.54. The summed E-state index contributed by atoms with van der Waals surface area (Å²) in [6.45, 7) is 3.01. The van der Waals surface area contributed by atoms with E-state index in [1.165, 1.54) is 12.8 Å². The van der Waals surface area contributed by atoms with Crippen LogP contribution in [0.15, 0.2) is 12.4 Å². The van der Waals surface area contributed by atoms with E-state index in [9.17, 15) is 9.90 Å². The minimum atomic E-state index is -0.138. The number of carbonyl (C=O) groups excluding carboxylic acids is 1. The number of amides is 1. The second-order valence-corrected chi connectivity index (χ2v) is 7.55. The van der Waals surface area contributed by atoms with Crippen LogP contribution in [0.4, 0.5) is 0 Å². The predicted octanol–water partition coefficient (Wildman–Crippen LogP) is 1.60. The normalized spacial score (nSPS) is 26.5. The highest BCUT2D eigenvalue weighted by Gasteiger charge is 2.31. The first kappa shape index (κ1) is 17.4. The van der Waals surface area contributed by atoms with E-state index >= 15 is 0 Å². The fraction of sp³-hybridized carbons (Fsp3) is 0.778. The van der Waals surface area contributed by atoms with Crippen LogP contribution in [0.3, 0.4) is 0 Å². The van der Waals surface area contributed by atoms with Crippen LogP contribution in [0.2, 0.25) is 0 Å². The molecule has 0 radical (unpaired) electrons. The van der Waals surface area contributed by atoms with Crippen molar-refractivity contribution in [3.8, 4) is 0 Å². The molecule has 1 saturated heterocycles. The van der Waals surface area contributed by atoms with Gasteiger partial charge < -0.3 is 10.0 Å². The van der Waals surface area contributed by atoms with Gasteiger partial charge in [0.15, 0.2) is 0 Å². The molecular weight excluding hydrogens is 304 g/mol. The third-order valence-corrected chi connectivity index (χ3v) is 5.54. The Kier molecular flexibility index (Phi) is 5.56. The fourth-order valence-electron chi connectivity index (χ4n) is 4.08. The summed E-state index contributed by atoms with van der Waals surface area (Å²) < 4.78 is 1.91. The molecule has 1 amide bonds. The maximum Gasteiger partial charge on any atom is 0.256 e. The predicted molar refractivity (Wildman–Crippen MR) is 92.8 cm³/mol. The number of rotatable bonds is 4. The molecule has 2 unspecified atom stereocenters. The average Bonchev–Trinajstić information content (AvgIpc) is 3.04. The molecule has 0 aromatic carbocycles. The summed E-state index contributed by atoms with van der Waals surface area (Å²) in [6.07, 6.45) is 10.2. The van der Waals surface area contributed by atoms with Gasteiger partial charge in [0.25, 0.3) is 5.91 Å². The molecule has 1 aliphatic carbocycles. The van der Waals surface area contributed by atoms with Gasteiger partial charge in [0.2, 0.25) is 0 Å². The smallest absolute Gasteiger partial charge is 0.256 e. The van der Waals surface area contributed by atoms with Crippen molar-refractivity contribution < 1.29 is 9.90 Å². The Hall–Kier alpha value is -1.40. The van der Waals surface area contributed by atoms with Gasteiger partial charge in [-0.05, 0) is 44.7 Å². The topological polar surface area (TPSA) is 61.6 Å². The van der Waals surface area contributed by atoms with Crippen molar-refractivity contribution in [2.45, 2.75) is 57.2 Å². The molecule has 0 bridgehead atoms. The second-order valence-electron chi connectivity index (χ2n) is 7.55. The lowest BCUT2D eigenvalue weighted by atomic mass is 9.88. The van der Waals surface area contributed by atoms with Gasteiger partial charge in [-0.1, -0.05) is 12.8 Å². The Morgan fingerprint density at radius 1 is 1.25 bits per heavy atom. The Balaban J connectivity index is 1.49. The molecule has 3 rings (SSSR count). The molecule has 1 aliphatic heterocycles. The zero-order chi connectivity index (χ0) is 17.1. The number of carbonyl (C=O) groups is 1. The van der Waals surface area contributed by atoms with E-state index < -0.39 is 0 Å². The summed E-state index contributed by atoms with van der Waals surface area (Å²) in [7, 11) is 3.52. The molecule has 6 nitrogen and oxygen atoms in total. The Morgan fingerprint density at radius 2 is 1.96 bits per heavy atom. The molecule has 1 N–H and O–H groups in total. The lowest BCUT2D eigenvalue weighted by Crippen LogP contribution is -2.49. The molecule has 6 heteroatoms. The van der Waals surface area contributed by atoms with E-state index in [0.717, 1.165) is 45.3 Å². The van der Waals surface area contributed by atoms with E-state index in [1.54, 1.807) is 25.2 Å². The van der Waals surface area contributed by atoms with Gasteiger partial charge in [0.05, 0.1) is 17.9 Å². The minimum Gasteiger partial charge on any atom is -0.391 e. The second kappa shape index (κ2) is 7.66. The van der Waals surface area contributed by atoms with Crippen molar-refractivity contribution in [3.05, 3.63) is 18.0 Å². The van der Waals surface area contributed by atoms with Crippen LogP contribution in [0, 0.1) is 5.92 Å². The third kappa shape index (κ3) is 3.98. The number of piperidine rings is 1. The van der Waals surface area contributed by atoms with Crippen LogP contribution >= 0.6 is 0 Å². The van der Waals surface area contributed by atoms with E-state index in [4.69, 9.17) is 0 Å². The summed E-state index contributed by atoms with van der Waals surface area (Å²) in [5.41, 5.74) is 0.655. The first-order chi connectivity index (χ1) is 11.5. The SMILES string of the molecule is CN(C)C(=O)c1cnn(CC2CCN(C3CCCCC3O)CC2)c1. The van der Waals surface area contributed by atoms with Crippen LogP contribution in [0.1, 0.15) is 48.9 Å². The van der Waals surface area contributed by atoms with Crippen molar-refractivity contribution in [2.75, 3.05) is 27.2 Å². The first-order valence-corrected chi connectivity index (χ1v) is 9.21. The molecule has 0 spiro atoms. The molecule has 2 fully saturated rings. The lowest BCUT2D eigenvalue weighted by molar-refractivity contribution is 0.00257. The van der Waals surface area contributed by atoms with Crippen molar-refractivity contribution in [1.82, 2.24) is 19.6 Å². The van der Waals surface area contributed by atoms with Gasteiger partial charge in [-0.15, -0.1) is 0 Å². The number of aliphatic hydroxyl groups excluding tert-OH is 1. The average molecular weight is 334 g/mol. The van der Waals surface area contributed by atoms with E-state index in [-0.39, 0.29) is 12.0 Å². The fourth-order valence-corrected chi connectivity index (χ4v) is 4.08. The molecule has 2 aliphatic rings. The maximum absolute atomic E-state index is 11.9. The zero-order valence-electron chi connectivity index (χ0n) is 14.9. The highest BCUT2D eigenvalue weighted by Crippen LogP contribution is 2.28. The van der Waals surface area contributed by atoms with Gasteiger partial charge in [-0.25, -0.2) is 0 Å². The quantitative estimate of drug-likeness (QED) is 0.908. The van der Waals surface area contributed by atoms with Crippen molar-refractivity contribution >= 4 is 5.91 Å². The number of aromatic nitrogens is 2. The summed E-state index contributed by atoms with van der Waals surface area (Å²) in [4.78, 5) is 16.0. The highest BCUT2D eigenvalue weighted by atomic mass is 16.3. The zero-order valence-corrected chi connectivity index (χ0v) is 14.9. The highest BCUT2D eigenvalue weighted by molar-refractivity contribution is 5.93. The summed E-state index contributed by atoms with van der Waals surface area (Å²) in [5.74, 6) is 0.603. The number of aliphatic hydroxyl groups is 1. The van der Waals surface area contributed by atoms with Crippen LogP contribution < -0.4 is 0 Å². The van der Waals surface area contributed by atoms with Gasteiger partial charge in [-0.2, -0.15) is 5.10 Å². The molecule has 2 heterocycles. The van der Waals surface area contributed by atoms with Crippen molar-refractivity contribution in [3.63, 3.8) is 0 Å². The molecule has 2 atom stereocenters. The molecule has 134 valence electrons. The van der Waals surface area contributed by atoms with E-state index in [2.05, 4.69) is 10.00 Å². The van der Waals surface area contributed by atoms with Gasteiger partial charge >= 0.3 is 0 Å². The van der Waals surface area contributed by atoms with Crippen LogP contribution in [0.5, 0.6) is 0 Å². The summed E-state index contributed by atoms with van der Waals surface area (Å²) >= 11 is 0. The van der Waals surface area contributed by atoms with Crippen molar-refractivity contribution in [2.24, 2.45) is 5.92 Å². The van der Waals surface area contributed by atoms with E-state index in [0.29, 0.717) is 17.5 Å². The van der Waals surface area contributed by atoms with Crippen LogP contribution in [-0.2, 0) is 6.54 Å². The molecule has 24 heavy (non-hydrogen) atoms. The molecular formula is C18H30N4O2. The summed E-state index contributed by atoms with van der Waals surface area (Å²) in [5, 5.41) is 14.6. The minimum absolute atomic E-state index is 0.00218. The lowest BCUT2D eigenvalue weighted by Gasteiger charge is -2.41. The van der Waals surface area contributed by atoms with Gasteiger partial charge in [0.1, 0.15) is 0 Å². The molecule has 1 aromatic heterocycles. The Bertz CT molecular complexity index is 549. The summed E-state index contributed by atoms with van der Waals surface area (Å²) in [6, 6.07) is 0.369. The van der Waals surface area contributed by atoms with Crippen LogP contribution in [-0.4, -0.2) is 69.9 Å². The van der Waals surface area contributed by atoms with Gasteiger partial charge in [-0.3, -0.25) is 14.4 Å². The monoisotopic (exact) mass is 334 g/mol. The number of hydrogen-bond donors (Lipinski definition) is 1. The van der Waals surface area contributed by atoms with Crippen molar-refractivity contribution in [1.29, 1.82) is 0 Å². The number of likely N-dealkylation sites (tertiary alicyclic amines) is 1. The maximum atomic E-state index is 11.9.